The normalized spacial score (nSPS) is 31.8. The van der Waals surface area contributed by atoms with Crippen LogP contribution in [0.25, 0.3) is 10.9 Å². The van der Waals surface area contributed by atoms with Crippen molar-refractivity contribution in [3.8, 4) is 5.75 Å². The number of aliphatic hydroxyl groups excluding tert-OH is 3. The van der Waals surface area contributed by atoms with E-state index in [0.717, 1.165) is 54.4 Å². The van der Waals surface area contributed by atoms with Crippen molar-refractivity contribution >= 4 is 22.8 Å². The first-order chi connectivity index (χ1) is 19.4. The minimum Gasteiger partial charge on any atom is -0.497 e. The fraction of sp³-hybridized carbons (Fsp3) is 0.600. The predicted octanol–water partition coefficient (Wildman–Crippen LogP) is 2.80. The lowest BCUT2D eigenvalue weighted by atomic mass is 9.84. The molecule has 0 bridgehead atoms. The number of ether oxygens (including phenoxy) is 4. The van der Waals surface area contributed by atoms with E-state index in [9.17, 15) is 20.1 Å². The summed E-state index contributed by atoms with van der Waals surface area (Å²) < 4.78 is 24.5. The van der Waals surface area contributed by atoms with E-state index >= 15 is 0 Å². The molecule has 0 amide bonds. The maximum Gasteiger partial charge on any atom is 0.305 e. The van der Waals surface area contributed by atoms with Crippen LogP contribution in [0.5, 0.6) is 5.75 Å². The van der Waals surface area contributed by atoms with E-state index in [0.29, 0.717) is 24.2 Å². The van der Waals surface area contributed by atoms with Gasteiger partial charge in [-0.3, -0.25) is 4.79 Å². The lowest BCUT2D eigenvalue weighted by molar-refractivity contribution is -0.234. The zero-order valence-corrected chi connectivity index (χ0v) is 23.3. The van der Waals surface area contributed by atoms with Crippen molar-refractivity contribution in [3.05, 3.63) is 42.1 Å². The number of aromatic nitrogens is 1. The van der Waals surface area contributed by atoms with Crippen LogP contribution in [-0.2, 0) is 25.5 Å². The standard InChI is InChI=1S/C30H40N2O8/c1-4-5-6-7-20-17(12-25(34)38-3)8-9-18(20)14-32-15-22(21-11-10-19(37-2)13-23(21)32)29-31-26-28(36)27(35)24(16-33)39-30(26)40-29/h5-6,10-11,13,15,17-18,20,24,26-28,30,33,35-36H,4,7-9,12,14,16H2,1-3H3/b6-5-. The number of fused-ring (bicyclic) bond motifs is 2. The Hall–Kier alpha value is -2.92. The number of esters is 1. The molecule has 1 aliphatic carbocycles. The van der Waals surface area contributed by atoms with Gasteiger partial charge in [-0.25, -0.2) is 4.99 Å². The zero-order valence-electron chi connectivity index (χ0n) is 23.3. The molecule has 2 fully saturated rings. The molecule has 1 saturated heterocycles. The topological polar surface area (TPSA) is 132 Å². The Balaban J connectivity index is 1.46. The molecular formula is C30H40N2O8. The molecule has 0 radical (unpaired) electrons. The minimum atomic E-state index is -1.26. The summed E-state index contributed by atoms with van der Waals surface area (Å²) in [5.74, 6) is 1.86. The molecule has 10 heteroatoms. The Bertz CT molecular complexity index is 1260. The van der Waals surface area contributed by atoms with Gasteiger partial charge in [0.1, 0.15) is 30.1 Å². The fourth-order valence-corrected chi connectivity index (χ4v) is 6.51. The van der Waals surface area contributed by atoms with Gasteiger partial charge in [0.05, 0.1) is 31.9 Å². The molecule has 2 aliphatic heterocycles. The van der Waals surface area contributed by atoms with Gasteiger partial charge in [-0.1, -0.05) is 19.1 Å². The summed E-state index contributed by atoms with van der Waals surface area (Å²) in [4.78, 5) is 16.8. The number of allylic oxidation sites excluding steroid dienone is 2. The van der Waals surface area contributed by atoms with Gasteiger partial charge in [-0.05, 0) is 55.6 Å². The number of aliphatic imine (C=N–C) groups is 1. The monoisotopic (exact) mass is 556 g/mol. The lowest BCUT2D eigenvalue weighted by Crippen LogP contribution is -2.56. The molecular weight excluding hydrogens is 516 g/mol. The van der Waals surface area contributed by atoms with Crippen molar-refractivity contribution in [2.24, 2.45) is 22.7 Å². The number of aliphatic hydroxyl groups is 3. The summed E-state index contributed by atoms with van der Waals surface area (Å²) in [6.45, 7) is 2.43. The SMILES string of the molecule is CC/C=C\CC1C(CC(=O)OC)CCC1Cn1cc(C2=NC3C(O2)OC(CO)C(O)C3O)c2ccc(OC)cc21. The van der Waals surface area contributed by atoms with Gasteiger partial charge < -0.3 is 38.8 Å². The number of methoxy groups -OCH3 is 2. The molecule has 1 aromatic carbocycles. The summed E-state index contributed by atoms with van der Waals surface area (Å²) in [7, 11) is 3.08. The van der Waals surface area contributed by atoms with Crippen molar-refractivity contribution in [1.82, 2.24) is 4.57 Å². The van der Waals surface area contributed by atoms with E-state index in [-0.39, 0.29) is 11.9 Å². The summed E-state index contributed by atoms with van der Waals surface area (Å²) >= 11 is 0. The Morgan fingerprint density at radius 3 is 2.70 bits per heavy atom. The van der Waals surface area contributed by atoms with Gasteiger partial charge in [0.25, 0.3) is 0 Å². The third-order valence-corrected chi connectivity index (χ3v) is 8.68. The lowest BCUT2D eigenvalue weighted by Gasteiger charge is -2.36. The average molecular weight is 557 g/mol. The highest BCUT2D eigenvalue weighted by atomic mass is 16.7. The van der Waals surface area contributed by atoms with Crippen LogP contribution in [0.1, 0.15) is 44.6 Å². The second-order valence-electron chi connectivity index (χ2n) is 11.0. The Kier molecular flexibility index (Phi) is 8.80. The summed E-state index contributed by atoms with van der Waals surface area (Å²) in [5, 5.41) is 31.4. The smallest absolute Gasteiger partial charge is 0.305 e. The van der Waals surface area contributed by atoms with E-state index in [1.54, 1.807) is 7.11 Å². The third kappa shape index (κ3) is 5.50. The van der Waals surface area contributed by atoms with Crippen LogP contribution >= 0.6 is 0 Å². The first-order valence-corrected chi connectivity index (χ1v) is 14.1. The van der Waals surface area contributed by atoms with Crippen molar-refractivity contribution in [2.75, 3.05) is 20.8 Å². The van der Waals surface area contributed by atoms with Gasteiger partial charge in [-0.2, -0.15) is 0 Å². The molecule has 0 spiro atoms. The van der Waals surface area contributed by atoms with Crippen molar-refractivity contribution in [3.63, 3.8) is 0 Å². The molecule has 8 unspecified atom stereocenters. The Morgan fingerprint density at radius 1 is 1.18 bits per heavy atom. The quantitative estimate of drug-likeness (QED) is 0.301. The molecule has 8 atom stereocenters. The largest absolute Gasteiger partial charge is 0.497 e. The Morgan fingerprint density at radius 2 is 1.98 bits per heavy atom. The van der Waals surface area contributed by atoms with Crippen LogP contribution in [0.4, 0.5) is 0 Å². The maximum absolute atomic E-state index is 12.1. The summed E-state index contributed by atoms with van der Waals surface area (Å²) in [6.07, 6.45) is 6.41. The maximum atomic E-state index is 12.1. The van der Waals surface area contributed by atoms with Crippen molar-refractivity contribution < 1.29 is 39.1 Å². The van der Waals surface area contributed by atoms with Crippen LogP contribution in [0, 0.1) is 17.8 Å². The molecule has 3 N–H and O–H groups in total. The third-order valence-electron chi connectivity index (χ3n) is 8.68. The molecule has 3 aliphatic rings. The molecule has 3 heterocycles. The highest BCUT2D eigenvalue weighted by Gasteiger charge is 2.49. The number of carbonyl (C=O) groups is 1. The predicted molar refractivity (Wildman–Crippen MR) is 148 cm³/mol. The van der Waals surface area contributed by atoms with Crippen LogP contribution < -0.4 is 4.74 Å². The van der Waals surface area contributed by atoms with Gasteiger partial charge in [0.2, 0.25) is 12.2 Å². The minimum absolute atomic E-state index is 0.163. The second-order valence-corrected chi connectivity index (χ2v) is 11.0. The highest BCUT2D eigenvalue weighted by molar-refractivity contribution is 6.08. The van der Waals surface area contributed by atoms with Crippen LogP contribution in [0.2, 0.25) is 0 Å². The second kappa shape index (κ2) is 12.3. The molecule has 10 nitrogen and oxygen atoms in total. The van der Waals surface area contributed by atoms with E-state index in [1.807, 2.05) is 24.4 Å². The zero-order chi connectivity index (χ0) is 28.4. The van der Waals surface area contributed by atoms with Gasteiger partial charge in [0.15, 0.2) is 0 Å². The number of hydrogen-bond acceptors (Lipinski definition) is 9. The fourth-order valence-electron chi connectivity index (χ4n) is 6.51. The van der Waals surface area contributed by atoms with Gasteiger partial charge in [0, 0.05) is 30.6 Å². The summed E-state index contributed by atoms with van der Waals surface area (Å²) in [5.41, 5.74) is 1.72. The molecule has 1 saturated carbocycles. The van der Waals surface area contributed by atoms with Gasteiger partial charge in [-0.15, -0.1) is 0 Å². The number of hydrogen-bond donors (Lipinski definition) is 3. The van der Waals surface area contributed by atoms with E-state index in [4.69, 9.17) is 18.9 Å². The van der Waals surface area contributed by atoms with Crippen LogP contribution in [0.15, 0.2) is 41.5 Å². The number of nitrogens with zero attached hydrogens (tertiary/aromatic N) is 2. The average Bonchev–Trinajstić information content (AvgIpc) is 3.66. The highest BCUT2D eigenvalue weighted by Crippen LogP contribution is 2.43. The molecule has 218 valence electrons. The Labute approximate surface area is 234 Å². The molecule has 5 rings (SSSR count). The van der Waals surface area contributed by atoms with Crippen LogP contribution in [0.3, 0.4) is 0 Å². The van der Waals surface area contributed by atoms with E-state index in [2.05, 4.69) is 28.6 Å². The van der Waals surface area contributed by atoms with Crippen molar-refractivity contribution in [1.29, 1.82) is 0 Å². The number of rotatable bonds is 10. The molecule has 1 aromatic heterocycles. The van der Waals surface area contributed by atoms with E-state index in [1.165, 1.54) is 7.11 Å². The van der Waals surface area contributed by atoms with Crippen molar-refractivity contribution in [2.45, 2.75) is 76.2 Å². The number of carbonyl (C=O) groups excluding carboxylic acids is 1. The molecule has 2 aromatic rings. The molecule has 40 heavy (non-hydrogen) atoms. The first kappa shape index (κ1) is 28.6. The van der Waals surface area contributed by atoms with E-state index < -0.39 is 37.3 Å². The first-order valence-electron chi connectivity index (χ1n) is 14.1. The summed E-state index contributed by atoms with van der Waals surface area (Å²) in [6, 6.07) is 5.04. The number of benzene rings is 1. The van der Waals surface area contributed by atoms with Gasteiger partial charge >= 0.3 is 5.97 Å². The van der Waals surface area contributed by atoms with Crippen LogP contribution in [-0.4, -0.2) is 83.2 Å².